The van der Waals surface area contributed by atoms with Crippen molar-refractivity contribution in [3.63, 3.8) is 0 Å². The zero-order valence-electron chi connectivity index (χ0n) is 8.41. The van der Waals surface area contributed by atoms with Gasteiger partial charge in [0.15, 0.2) is 6.20 Å². The van der Waals surface area contributed by atoms with Crippen LogP contribution in [-0.4, -0.2) is 0 Å². The van der Waals surface area contributed by atoms with Crippen LogP contribution >= 0.6 is 23.2 Å². The summed E-state index contributed by atoms with van der Waals surface area (Å²) in [6, 6.07) is 5.07. The fourth-order valence-corrected chi connectivity index (χ4v) is 2.13. The first-order valence-corrected chi connectivity index (χ1v) is 5.50. The average Bonchev–Trinajstić information content (AvgIpc) is 2.27. The van der Waals surface area contributed by atoms with Crippen molar-refractivity contribution < 1.29 is 4.73 Å². The minimum absolute atomic E-state index is 0.514. The third kappa shape index (κ3) is 1.75. The standard InChI is InChI=1S/C12H9Cl2NO/c1-2-3-8-10(13)5-4-9-11(14)6-7-15(16)12(8)9/h2,4-7H,1,3H2. The molecular formula is C12H9Cl2NO. The normalized spacial score (nSPS) is 10.6. The van der Waals surface area contributed by atoms with Gasteiger partial charge in [-0.3, -0.25) is 0 Å². The summed E-state index contributed by atoms with van der Waals surface area (Å²) in [6.45, 7) is 3.65. The molecule has 0 spiro atoms. The first-order chi connectivity index (χ1) is 7.65. The Balaban J connectivity index is 2.90. The third-order valence-electron chi connectivity index (χ3n) is 2.41. The summed E-state index contributed by atoms with van der Waals surface area (Å²) >= 11 is 12.1. The van der Waals surface area contributed by atoms with Crippen LogP contribution < -0.4 is 4.73 Å². The quantitative estimate of drug-likeness (QED) is 0.457. The minimum atomic E-state index is 0.514. The predicted molar refractivity (Wildman–Crippen MR) is 66.8 cm³/mol. The molecule has 0 unspecified atom stereocenters. The molecule has 2 rings (SSSR count). The van der Waals surface area contributed by atoms with E-state index in [1.807, 2.05) is 0 Å². The van der Waals surface area contributed by atoms with Crippen molar-refractivity contribution in [2.75, 3.05) is 0 Å². The predicted octanol–water partition coefficient (Wildman–Crippen LogP) is 3.51. The third-order valence-corrected chi connectivity index (χ3v) is 3.09. The number of rotatable bonds is 2. The first kappa shape index (κ1) is 11.2. The SMILES string of the molecule is C=CCc1c(Cl)ccc2c(Cl)cc[n+]([O-])c12. The number of nitrogens with zero attached hydrogens (tertiary/aromatic N) is 1. The summed E-state index contributed by atoms with van der Waals surface area (Å²) in [6.07, 6.45) is 3.63. The lowest BCUT2D eigenvalue weighted by atomic mass is 10.1. The van der Waals surface area contributed by atoms with Gasteiger partial charge >= 0.3 is 0 Å². The van der Waals surface area contributed by atoms with Gasteiger partial charge in [0.05, 0.1) is 15.4 Å². The van der Waals surface area contributed by atoms with Crippen LogP contribution in [0.4, 0.5) is 0 Å². The molecule has 0 radical (unpaired) electrons. The molecule has 0 saturated heterocycles. The smallest absolute Gasteiger partial charge is 0.230 e. The van der Waals surface area contributed by atoms with E-state index in [0.717, 1.165) is 10.3 Å². The van der Waals surface area contributed by atoms with Crippen LogP contribution in [0.3, 0.4) is 0 Å². The first-order valence-electron chi connectivity index (χ1n) is 4.75. The number of aromatic nitrogens is 1. The summed E-state index contributed by atoms with van der Waals surface area (Å²) in [7, 11) is 0. The van der Waals surface area contributed by atoms with Crippen LogP contribution in [0.25, 0.3) is 10.9 Å². The number of hydrogen-bond donors (Lipinski definition) is 0. The van der Waals surface area contributed by atoms with Gasteiger partial charge in [-0.1, -0.05) is 29.3 Å². The zero-order chi connectivity index (χ0) is 11.7. The van der Waals surface area contributed by atoms with Crippen molar-refractivity contribution in [1.82, 2.24) is 0 Å². The molecule has 2 aromatic rings. The molecule has 0 atom stereocenters. The van der Waals surface area contributed by atoms with E-state index in [9.17, 15) is 5.21 Å². The Bertz CT molecular complexity index is 566. The van der Waals surface area contributed by atoms with Crippen LogP contribution in [-0.2, 0) is 6.42 Å². The van der Waals surface area contributed by atoms with Crippen LogP contribution in [0.2, 0.25) is 10.0 Å². The van der Waals surface area contributed by atoms with E-state index >= 15 is 0 Å². The number of halogens is 2. The van der Waals surface area contributed by atoms with Gasteiger partial charge < -0.3 is 5.21 Å². The maximum atomic E-state index is 11.7. The number of fused-ring (bicyclic) bond motifs is 1. The molecule has 2 nitrogen and oxygen atoms in total. The lowest BCUT2D eigenvalue weighted by molar-refractivity contribution is -0.577. The van der Waals surface area contributed by atoms with Gasteiger partial charge in [0.25, 0.3) is 0 Å². The summed E-state index contributed by atoms with van der Waals surface area (Å²) < 4.78 is 0.784. The molecule has 16 heavy (non-hydrogen) atoms. The average molecular weight is 254 g/mol. The Morgan fingerprint density at radius 3 is 2.69 bits per heavy atom. The van der Waals surface area contributed by atoms with E-state index < -0.39 is 0 Å². The van der Waals surface area contributed by atoms with Crippen LogP contribution in [0.15, 0.2) is 37.1 Å². The second kappa shape index (κ2) is 4.32. The fraction of sp³-hybridized carbons (Fsp3) is 0.0833. The van der Waals surface area contributed by atoms with Gasteiger partial charge in [0, 0.05) is 11.6 Å². The molecular weight excluding hydrogens is 245 g/mol. The molecule has 0 bridgehead atoms. The monoisotopic (exact) mass is 253 g/mol. The molecule has 0 aliphatic carbocycles. The highest BCUT2D eigenvalue weighted by Gasteiger charge is 2.15. The topological polar surface area (TPSA) is 26.9 Å². The van der Waals surface area contributed by atoms with E-state index in [4.69, 9.17) is 23.2 Å². The van der Waals surface area contributed by atoms with Gasteiger partial charge in [-0.15, -0.1) is 6.58 Å². The lowest BCUT2D eigenvalue weighted by Gasteiger charge is -2.08. The van der Waals surface area contributed by atoms with Crippen LogP contribution in [0.5, 0.6) is 0 Å². The lowest BCUT2D eigenvalue weighted by Crippen LogP contribution is -2.27. The van der Waals surface area contributed by atoms with Crippen LogP contribution in [0.1, 0.15) is 5.56 Å². The Labute approximate surface area is 103 Å². The van der Waals surface area contributed by atoms with Gasteiger partial charge in [0.1, 0.15) is 0 Å². The Morgan fingerprint density at radius 1 is 1.25 bits per heavy atom. The van der Waals surface area contributed by atoms with Crippen molar-refractivity contribution in [2.45, 2.75) is 6.42 Å². The number of hydrogen-bond acceptors (Lipinski definition) is 1. The van der Waals surface area contributed by atoms with Crippen molar-refractivity contribution in [2.24, 2.45) is 0 Å². The highest BCUT2D eigenvalue weighted by atomic mass is 35.5. The second-order valence-corrected chi connectivity index (χ2v) is 4.22. The number of pyridine rings is 1. The van der Waals surface area contributed by atoms with Gasteiger partial charge in [-0.25, -0.2) is 0 Å². The molecule has 1 heterocycles. The molecule has 1 aromatic carbocycles. The summed E-state index contributed by atoms with van der Waals surface area (Å²) in [4.78, 5) is 0. The Kier molecular flexibility index (Phi) is 3.03. The largest absolute Gasteiger partial charge is 0.618 e. The Hall–Kier alpha value is -1.25. The van der Waals surface area contributed by atoms with Crippen molar-refractivity contribution in [3.8, 4) is 0 Å². The highest BCUT2D eigenvalue weighted by molar-refractivity contribution is 6.36. The number of benzene rings is 1. The van der Waals surface area contributed by atoms with Gasteiger partial charge in [0.2, 0.25) is 5.52 Å². The summed E-state index contributed by atoms with van der Waals surface area (Å²) in [5.74, 6) is 0. The van der Waals surface area contributed by atoms with E-state index in [0.29, 0.717) is 27.4 Å². The van der Waals surface area contributed by atoms with Crippen LogP contribution in [0, 0.1) is 5.21 Å². The Morgan fingerprint density at radius 2 is 2.00 bits per heavy atom. The molecule has 0 aliphatic heterocycles. The van der Waals surface area contributed by atoms with E-state index in [1.54, 1.807) is 24.3 Å². The molecule has 0 fully saturated rings. The second-order valence-electron chi connectivity index (χ2n) is 3.40. The van der Waals surface area contributed by atoms with E-state index in [-0.39, 0.29) is 0 Å². The maximum absolute atomic E-state index is 11.7. The molecule has 82 valence electrons. The fourth-order valence-electron chi connectivity index (χ4n) is 1.69. The molecule has 4 heteroatoms. The summed E-state index contributed by atoms with van der Waals surface area (Å²) in [5, 5.41) is 13.6. The van der Waals surface area contributed by atoms with Crippen molar-refractivity contribution >= 4 is 34.1 Å². The molecule has 0 N–H and O–H groups in total. The highest BCUT2D eigenvalue weighted by Crippen LogP contribution is 2.28. The van der Waals surface area contributed by atoms with E-state index in [1.165, 1.54) is 6.20 Å². The molecule has 1 aromatic heterocycles. The minimum Gasteiger partial charge on any atom is -0.618 e. The maximum Gasteiger partial charge on any atom is 0.230 e. The van der Waals surface area contributed by atoms with E-state index in [2.05, 4.69) is 6.58 Å². The molecule has 0 aliphatic rings. The van der Waals surface area contributed by atoms with Crippen molar-refractivity contribution in [3.05, 3.63) is 57.9 Å². The van der Waals surface area contributed by atoms with Gasteiger partial charge in [-0.2, -0.15) is 4.73 Å². The van der Waals surface area contributed by atoms with Gasteiger partial charge in [-0.05, 0) is 18.6 Å². The molecule has 0 saturated carbocycles. The number of allylic oxidation sites excluding steroid dienone is 1. The summed E-state index contributed by atoms with van der Waals surface area (Å²) in [5.41, 5.74) is 1.27. The molecule has 0 amide bonds. The zero-order valence-corrected chi connectivity index (χ0v) is 9.92. The van der Waals surface area contributed by atoms with Crippen molar-refractivity contribution in [1.29, 1.82) is 0 Å².